The van der Waals surface area contributed by atoms with Crippen molar-refractivity contribution in [1.29, 1.82) is 0 Å². The Labute approximate surface area is 179 Å². The Balaban J connectivity index is 1.61. The number of amides is 2. The zero-order valence-electron chi connectivity index (χ0n) is 18.0. The molecule has 0 aliphatic carbocycles. The van der Waals surface area contributed by atoms with Gasteiger partial charge in [-0.3, -0.25) is 9.59 Å². The van der Waals surface area contributed by atoms with Gasteiger partial charge in [-0.2, -0.15) is 0 Å². The minimum absolute atomic E-state index is 0.0155. The van der Waals surface area contributed by atoms with Crippen molar-refractivity contribution < 1.29 is 14.3 Å². The number of para-hydroxylation sites is 2. The molecule has 0 radical (unpaired) electrons. The number of carbonyl (C=O) groups is 2. The molecule has 0 atom stereocenters. The summed E-state index contributed by atoms with van der Waals surface area (Å²) in [7, 11) is 0. The number of carbonyl (C=O) groups excluding carboxylic acids is 2. The summed E-state index contributed by atoms with van der Waals surface area (Å²) in [4.78, 5) is 26.6. The van der Waals surface area contributed by atoms with E-state index in [0.29, 0.717) is 43.9 Å². The first-order chi connectivity index (χ1) is 14.7. The van der Waals surface area contributed by atoms with Crippen molar-refractivity contribution in [2.45, 2.75) is 33.1 Å². The van der Waals surface area contributed by atoms with E-state index >= 15 is 0 Å². The molecular formula is C24H33N3O3. The fraction of sp³-hybridized carbons (Fsp3) is 0.417. The van der Waals surface area contributed by atoms with Crippen LogP contribution in [0.3, 0.4) is 0 Å². The normalized spacial score (nSPS) is 10.3. The van der Waals surface area contributed by atoms with Crippen molar-refractivity contribution >= 4 is 17.5 Å². The maximum absolute atomic E-state index is 12.3. The van der Waals surface area contributed by atoms with Gasteiger partial charge in [0.25, 0.3) is 5.91 Å². The van der Waals surface area contributed by atoms with Crippen LogP contribution in [-0.4, -0.2) is 44.6 Å². The molecule has 0 fully saturated rings. The molecule has 30 heavy (non-hydrogen) atoms. The molecule has 6 nitrogen and oxygen atoms in total. The van der Waals surface area contributed by atoms with Gasteiger partial charge in [0.05, 0.1) is 12.2 Å². The average Bonchev–Trinajstić information content (AvgIpc) is 2.78. The number of nitrogens with one attached hydrogen (secondary N) is 2. The van der Waals surface area contributed by atoms with Gasteiger partial charge in [-0.1, -0.05) is 30.3 Å². The van der Waals surface area contributed by atoms with E-state index in [-0.39, 0.29) is 11.8 Å². The number of benzene rings is 2. The number of ether oxygens (including phenoxy) is 1. The van der Waals surface area contributed by atoms with Crippen LogP contribution < -0.4 is 20.3 Å². The molecule has 0 bridgehead atoms. The Morgan fingerprint density at radius 3 is 2.33 bits per heavy atom. The van der Waals surface area contributed by atoms with Crippen molar-refractivity contribution in [3.63, 3.8) is 0 Å². The third kappa shape index (κ3) is 7.78. The molecule has 6 heteroatoms. The van der Waals surface area contributed by atoms with Crippen molar-refractivity contribution in [1.82, 2.24) is 10.6 Å². The van der Waals surface area contributed by atoms with Crippen molar-refractivity contribution in [2.24, 2.45) is 0 Å². The molecule has 0 saturated heterocycles. The van der Waals surface area contributed by atoms with Crippen LogP contribution in [0.1, 0.15) is 43.5 Å². The SMILES string of the molecule is CCOc1ccccc1C(=O)NCCCC(=O)NCCCN(CC)c1ccccc1. The molecule has 2 rings (SSSR count). The highest BCUT2D eigenvalue weighted by Gasteiger charge is 2.11. The van der Waals surface area contributed by atoms with Gasteiger partial charge in [0.1, 0.15) is 5.75 Å². The lowest BCUT2D eigenvalue weighted by Gasteiger charge is -2.23. The Bertz CT molecular complexity index is 780. The van der Waals surface area contributed by atoms with E-state index in [2.05, 4.69) is 34.6 Å². The number of hydrogen-bond acceptors (Lipinski definition) is 4. The predicted molar refractivity (Wildman–Crippen MR) is 121 cm³/mol. The van der Waals surface area contributed by atoms with Crippen molar-refractivity contribution in [2.75, 3.05) is 37.7 Å². The van der Waals surface area contributed by atoms with E-state index in [0.717, 1.165) is 19.5 Å². The summed E-state index contributed by atoms with van der Waals surface area (Å²) in [6, 6.07) is 17.4. The largest absolute Gasteiger partial charge is 0.493 e. The zero-order chi connectivity index (χ0) is 21.6. The van der Waals surface area contributed by atoms with Gasteiger partial charge in [0.2, 0.25) is 5.91 Å². The van der Waals surface area contributed by atoms with E-state index in [1.54, 1.807) is 12.1 Å². The Kier molecular flexibility index (Phi) is 10.3. The van der Waals surface area contributed by atoms with Crippen LogP contribution in [0.5, 0.6) is 5.75 Å². The molecule has 0 aliphatic heterocycles. The van der Waals surface area contributed by atoms with Gasteiger partial charge < -0.3 is 20.3 Å². The Hall–Kier alpha value is -3.02. The second-order valence-electron chi connectivity index (χ2n) is 6.91. The maximum Gasteiger partial charge on any atom is 0.255 e. The molecule has 0 aliphatic rings. The lowest BCUT2D eigenvalue weighted by Crippen LogP contribution is -2.30. The molecule has 2 aromatic carbocycles. The highest BCUT2D eigenvalue weighted by atomic mass is 16.5. The third-order valence-electron chi connectivity index (χ3n) is 4.73. The number of hydrogen-bond donors (Lipinski definition) is 2. The standard InChI is InChI=1S/C24H33N3O3/c1-3-27(20-12-6-5-7-13-20)19-11-18-25-23(28)16-10-17-26-24(29)21-14-8-9-15-22(21)30-4-2/h5-9,12-15H,3-4,10-11,16-19H2,1-2H3,(H,25,28)(H,26,29). The molecule has 2 N–H and O–H groups in total. The van der Waals surface area contributed by atoms with E-state index < -0.39 is 0 Å². The minimum atomic E-state index is -0.181. The Morgan fingerprint density at radius 1 is 0.900 bits per heavy atom. The summed E-state index contributed by atoms with van der Waals surface area (Å²) in [5.74, 6) is 0.411. The molecule has 2 aromatic rings. The van der Waals surface area contributed by atoms with Gasteiger partial charge >= 0.3 is 0 Å². The smallest absolute Gasteiger partial charge is 0.255 e. The van der Waals surface area contributed by atoms with Crippen LogP contribution in [0.2, 0.25) is 0 Å². The molecule has 0 unspecified atom stereocenters. The fourth-order valence-electron chi connectivity index (χ4n) is 3.18. The summed E-state index contributed by atoms with van der Waals surface area (Å²) < 4.78 is 5.48. The van der Waals surface area contributed by atoms with Gasteiger partial charge in [-0.15, -0.1) is 0 Å². The lowest BCUT2D eigenvalue weighted by atomic mass is 10.2. The fourth-order valence-corrected chi connectivity index (χ4v) is 3.18. The number of anilines is 1. The monoisotopic (exact) mass is 411 g/mol. The summed E-state index contributed by atoms with van der Waals surface area (Å²) >= 11 is 0. The summed E-state index contributed by atoms with van der Waals surface area (Å²) in [5, 5.41) is 5.82. The second-order valence-corrected chi connectivity index (χ2v) is 6.91. The summed E-state index contributed by atoms with van der Waals surface area (Å²) in [6.45, 7) is 7.45. The van der Waals surface area contributed by atoms with Crippen LogP contribution in [-0.2, 0) is 4.79 Å². The molecule has 0 spiro atoms. The van der Waals surface area contributed by atoms with Crippen LogP contribution in [0.4, 0.5) is 5.69 Å². The second kappa shape index (κ2) is 13.2. The third-order valence-corrected chi connectivity index (χ3v) is 4.73. The molecule has 0 saturated carbocycles. The predicted octanol–water partition coefficient (Wildman–Crippen LogP) is 3.63. The quantitative estimate of drug-likeness (QED) is 0.494. The van der Waals surface area contributed by atoms with Crippen LogP contribution in [0.25, 0.3) is 0 Å². The Morgan fingerprint density at radius 2 is 1.60 bits per heavy atom. The summed E-state index contributed by atoms with van der Waals surface area (Å²) in [6.07, 6.45) is 1.88. The first-order valence-electron chi connectivity index (χ1n) is 10.7. The maximum atomic E-state index is 12.3. The van der Waals surface area contributed by atoms with Gasteiger partial charge in [-0.25, -0.2) is 0 Å². The lowest BCUT2D eigenvalue weighted by molar-refractivity contribution is -0.121. The number of nitrogens with zero attached hydrogens (tertiary/aromatic N) is 1. The van der Waals surface area contributed by atoms with E-state index in [1.165, 1.54) is 5.69 Å². The molecule has 0 heterocycles. The van der Waals surface area contributed by atoms with E-state index in [4.69, 9.17) is 4.74 Å². The van der Waals surface area contributed by atoms with Gasteiger partial charge in [0.15, 0.2) is 0 Å². The van der Waals surface area contributed by atoms with Gasteiger partial charge in [0, 0.05) is 38.3 Å². The zero-order valence-corrected chi connectivity index (χ0v) is 18.0. The van der Waals surface area contributed by atoms with E-state index in [9.17, 15) is 9.59 Å². The highest BCUT2D eigenvalue weighted by Crippen LogP contribution is 2.17. The first-order valence-corrected chi connectivity index (χ1v) is 10.7. The molecular weight excluding hydrogens is 378 g/mol. The number of rotatable bonds is 13. The summed E-state index contributed by atoms with van der Waals surface area (Å²) in [5.41, 5.74) is 1.72. The molecule has 0 aromatic heterocycles. The average molecular weight is 412 g/mol. The molecule has 2 amide bonds. The van der Waals surface area contributed by atoms with Crippen LogP contribution in [0, 0.1) is 0 Å². The first kappa shape index (κ1) is 23.3. The highest BCUT2D eigenvalue weighted by molar-refractivity contribution is 5.96. The van der Waals surface area contributed by atoms with Gasteiger partial charge in [-0.05, 0) is 51.0 Å². The van der Waals surface area contributed by atoms with Crippen molar-refractivity contribution in [3.8, 4) is 5.75 Å². The van der Waals surface area contributed by atoms with Crippen LogP contribution >= 0.6 is 0 Å². The minimum Gasteiger partial charge on any atom is -0.493 e. The topological polar surface area (TPSA) is 70.7 Å². The van der Waals surface area contributed by atoms with E-state index in [1.807, 2.05) is 37.3 Å². The molecule has 162 valence electrons. The van der Waals surface area contributed by atoms with Crippen LogP contribution in [0.15, 0.2) is 54.6 Å². The van der Waals surface area contributed by atoms with Crippen molar-refractivity contribution in [3.05, 3.63) is 60.2 Å².